The minimum atomic E-state index is -0.0778. The highest BCUT2D eigenvalue weighted by molar-refractivity contribution is 7.21. The second-order valence-corrected chi connectivity index (χ2v) is 8.55. The highest BCUT2D eigenvalue weighted by Gasteiger charge is 2.25. The summed E-state index contributed by atoms with van der Waals surface area (Å²) < 4.78 is 5.79. The summed E-state index contributed by atoms with van der Waals surface area (Å²) in [5.41, 5.74) is 9.28. The van der Waals surface area contributed by atoms with Crippen molar-refractivity contribution in [3.05, 3.63) is 59.1 Å². The zero-order valence-electron chi connectivity index (χ0n) is 17.0. The lowest BCUT2D eigenvalue weighted by molar-refractivity contribution is 0.102. The summed E-state index contributed by atoms with van der Waals surface area (Å²) in [6.45, 7) is 1.96. The first-order chi connectivity index (χ1) is 15.1. The smallest absolute Gasteiger partial charge is 0.224 e. The van der Waals surface area contributed by atoms with Gasteiger partial charge in [0.2, 0.25) is 11.8 Å². The molecule has 0 atom stereocenters. The molecule has 0 radical (unpaired) electrons. The lowest BCUT2D eigenvalue weighted by Gasteiger charge is -2.09. The van der Waals surface area contributed by atoms with Crippen LogP contribution >= 0.6 is 11.3 Å². The molecule has 1 saturated carbocycles. The predicted molar refractivity (Wildman–Crippen MR) is 122 cm³/mol. The third-order valence-electron chi connectivity index (χ3n) is 5.06. The fraction of sp³-hybridized carbons (Fsp3) is 0.217. The molecule has 3 heterocycles. The van der Waals surface area contributed by atoms with Gasteiger partial charge in [0.25, 0.3) is 0 Å². The van der Waals surface area contributed by atoms with Crippen LogP contribution in [-0.4, -0.2) is 26.8 Å². The molecule has 3 aromatic heterocycles. The largest absolute Gasteiger partial charge is 0.473 e. The summed E-state index contributed by atoms with van der Waals surface area (Å²) in [6, 6.07) is 14.1. The molecule has 1 fully saturated rings. The highest BCUT2D eigenvalue weighted by atomic mass is 32.1. The fourth-order valence-corrected chi connectivity index (χ4v) is 4.29. The van der Waals surface area contributed by atoms with Crippen molar-refractivity contribution in [1.82, 2.24) is 15.0 Å². The van der Waals surface area contributed by atoms with E-state index in [2.05, 4.69) is 15.3 Å². The van der Waals surface area contributed by atoms with E-state index in [1.807, 2.05) is 42.5 Å². The maximum atomic E-state index is 12.0. The number of nitrogens with zero attached hydrogens (tertiary/aromatic N) is 3. The van der Waals surface area contributed by atoms with Crippen LogP contribution in [0, 0.1) is 0 Å². The van der Waals surface area contributed by atoms with Gasteiger partial charge < -0.3 is 15.8 Å². The first-order valence-electron chi connectivity index (χ1n) is 10.1. The number of ether oxygens (including phenoxy) is 1. The number of pyridine rings is 1. The van der Waals surface area contributed by atoms with E-state index in [1.54, 1.807) is 6.20 Å². The third-order valence-corrected chi connectivity index (χ3v) is 6.26. The summed E-state index contributed by atoms with van der Waals surface area (Å²) in [5, 5.41) is 4.03. The number of nitrogens with one attached hydrogen (secondary N) is 1. The Morgan fingerprint density at radius 2 is 2.00 bits per heavy atom. The van der Waals surface area contributed by atoms with Crippen molar-refractivity contribution in [2.75, 3.05) is 11.1 Å². The fourth-order valence-electron chi connectivity index (χ4n) is 3.30. The van der Waals surface area contributed by atoms with E-state index < -0.39 is 0 Å². The molecule has 156 valence electrons. The van der Waals surface area contributed by atoms with Crippen LogP contribution in [0.2, 0.25) is 0 Å². The van der Waals surface area contributed by atoms with Crippen LogP contribution in [0.5, 0.6) is 5.88 Å². The Kier molecular flexibility index (Phi) is 4.99. The molecule has 0 spiro atoms. The molecule has 0 bridgehead atoms. The molecular formula is C23H21N5O2S. The number of Topliss-reactive ketones (excluding diaryl/α,β-unsaturated/α-hetero) is 1. The molecule has 3 N–H and O–H groups in total. The first kappa shape index (κ1) is 19.4. The Morgan fingerprint density at radius 1 is 1.19 bits per heavy atom. The van der Waals surface area contributed by atoms with Crippen LogP contribution in [0.4, 0.5) is 11.6 Å². The number of benzene rings is 1. The Bertz CT molecular complexity index is 1250. The quantitative estimate of drug-likeness (QED) is 0.409. The van der Waals surface area contributed by atoms with Gasteiger partial charge in [-0.2, -0.15) is 0 Å². The van der Waals surface area contributed by atoms with Gasteiger partial charge in [-0.15, -0.1) is 11.3 Å². The molecule has 1 aromatic carbocycles. The number of ketones is 1. The minimum absolute atomic E-state index is 0.0778. The molecular weight excluding hydrogens is 410 g/mol. The second kappa shape index (κ2) is 7.96. The zero-order chi connectivity index (χ0) is 21.4. The van der Waals surface area contributed by atoms with Crippen LogP contribution in [0.3, 0.4) is 0 Å². The van der Waals surface area contributed by atoms with Gasteiger partial charge in [0.1, 0.15) is 11.4 Å². The van der Waals surface area contributed by atoms with Gasteiger partial charge in [-0.3, -0.25) is 4.79 Å². The average Bonchev–Trinajstić information content (AvgIpc) is 3.53. The number of hydrogen-bond acceptors (Lipinski definition) is 8. The predicted octanol–water partition coefficient (Wildman–Crippen LogP) is 4.69. The number of carbonyl (C=O) groups is 1. The molecule has 31 heavy (non-hydrogen) atoms. The SMILES string of the molecule is CC(=O)c1sc2nc(NC3CC3)nc(-c3ccc(OCc4ccccc4)nc3)c2c1N. The van der Waals surface area contributed by atoms with E-state index >= 15 is 0 Å². The van der Waals surface area contributed by atoms with Crippen LogP contribution in [0.15, 0.2) is 48.7 Å². The number of thiophene rings is 1. The number of nitrogen functional groups attached to an aromatic ring is 1. The molecule has 0 aliphatic heterocycles. The van der Waals surface area contributed by atoms with Gasteiger partial charge in [-0.05, 0) is 24.5 Å². The number of aromatic nitrogens is 3. The van der Waals surface area contributed by atoms with Gasteiger partial charge in [0.15, 0.2) is 5.78 Å². The van der Waals surface area contributed by atoms with Crippen molar-refractivity contribution in [1.29, 1.82) is 0 Å². The van der Waals surface area contributed by atoms with Gasteiger partial charge in [0.05, 0.1) is 21.6 Å². The van der Waals surface area contributed by atoms with Crippen molar-refractivity contribution in [3.8, 4) is 17.1 Å². The Morgan fingerprint density at radius 3 is 2.68 bits per heavy atom. The lowest BCUT2D eigenvalue weighted by atomic mass is 10.1. The molecule has 7 nitrogen and oxygen atoms in total. The summed E-state index contributed by atoms with van der Waals surface area (Å²) in [6.07, 6.45) is 3.93. The van der Waals surface area contributed by atoms with E-state index in [0.29, 0.717) is 51.0 Å². The number of anilines is 2. The first-order valence-corrected chi connectivity index (χ1v) is 10.9. The standard InChI is InChI=1S/C23H21N5O2S/c1-13(29)21-19(24)18-20(27-23(26-16-8-9-16)28-22(18)31-21)15-7-10-17(25-11-15)30-12-14-5-3-2-4-6-14/h2-7,10-11,16H,8-9,12,24H2,1H3,(H,26,27,28). The van der Waals surface area contributed by atoms with E-state index in [4.69, 9.17) is 15.5 Å². The van der Waals surface area contributed by atoms with Crippen LogP contribution in [0.25, 0.3) is 21.5 Å². The van der Waals surface area contributed by atoms with Crippen LogP contribution in [0.1, 0.15) is 35.0 Å². The van der Waals surface area contributed by atoms with Crippen molar-refractivity contribution in [2.24, 2.45) is 0 Å². The Labute approximate surface area is 183 Å². The number of rotatable bonds is 7. The molecule has 8 heteroatoms. The van der Waals surface area contributed by atoms with Gasteiger partial charge in [0, 0.05) is 30.8 Å². The molecule has 0 amide bonds. The summed E-state index contributed by atoms with van der Waals surface area (Å²) in [5.74, 6) is 0.994. The Balaban J connectivity index is 1.49. The molecule has 4 aromatic rings. The summed E-state index contributed by atoms with van der Waals surface area (Å²) in [7, 11) is 0. The third kappa shape index (κ3) is 4.06. The maximum Gasteiger partial charge on any atom is 0.224 e. The number of fused-ring (bicyclic) bond motifs is 1. The van der Waals surface area contributed by atoms with E-state index in [1.165, 1.54) is 18.3 Å². The van der Waals surface area contributed by atoms with E-state index in [9.17, 15) is 4.79 Å². The normalized spacial score (nSPS) is 13.3. The summed E-state index contributed by atoms with van der Waals surface area (Å²) in [4.78, 5) is 27.0. The van der Waals surface area contributed by atoms with E-state index in [0.717, 1.165) is 24.0 Å². The van der Waals surface area contributed by atoms with Gasteiger partial charge in [-0.1, -0.05) is 30.3 Å². The Hall–Kier alpha value is -3.52. The van der Waals surface area contributed by atoms with Crippen LogP contribution < -0.4 is 15.8 Å². The zero-order valence-corrected chi connectivity index (χ0v) is 17.8. The lowest BCUT2D eigenvalue weighted by Crippen LogP contribution is -2.06. The molecule has 0 saturated heterocycles. The monoisotopic (exact) mass is 431 g/mol. The van der Waals surface area contributed by atoms with Crippen molar-refractivity contribution < 1.29 is 9.53 Å². The number of carbonyl (C=O) groups excluding carboxylic acids is 1. The number of hydrogen-bond donors (Lipinski definition) is 2. The van der Waals surface area contributed by atoms with Gasteiger partial charge >= 0.3 is 0 Å². The minimum Gasteiger partial charge on any atom is -0.473 e. The summed E-state index contributed by atoms with van der Waals surface area (Å²) >= 11 is 1.30. The van der Waals surface area contributed by atoms with Crippen molar-refractivity contribution >= 4 is 39.0 Å². The van der Waals surface area contributed by atoms with Crippen LogP contribution in [-0.2, 0) is 6.61 Å². The van der Waals surface area contributed by atoms with Gasteiger partial charge in [-0.25, -0.2) is 15.0 Å². The number of nitrogens with two attached hydrogens (primary N) is 1. The van der Waals surface area contributed by atoms with E-state index in [-0.39, 0.29) is 5.78 Å². The topological polar surface area (TPSA) is 103 Å². The maximum absolute atomic E-state index is 12.0. The average molecular weight is 432 g/mol. The highest BCUT2D eigenvalue weighted by Crippen LogP contribution is 2.39. The molecule has 5 rings (SSSR count). The molecule has 1 aliphatic rings. The second-order valence-electron chi connectivity index (χ2n) is 7.56. The van der Waals surface area contributed by atoms with Crippen molar-refractivity contribution in [2.45, 2.75) is 32.4 Å². The molecule has 1 aliphatic carbocycles. The molecule has 0 unspecified atom stereocenters. The van der Waals surface area contributed by atoms with Crippen molar-refractivity contribution in [3.63, 3.8) is 0 Å².